The molecule has 276 valence electrons. The first-order chi connectivity index (χ1) is 26.1. The van der Waals surface area contributed by atoms with Crippen molar-refractivity contribution in [3.05, 3.63) is 107 Å². The highest BCUT2D eigenvalue weighted by molar-refractivity contribution is 6.23. The van der Waals surface area contributed by atoms with Gasteiger partial charge in [-0.05, 0) is 73.4 Å². The lowest BCUT2D eigenvalue weighted by Gasteiger charge is -2.51. The van der Waals surface area contributed by atoms with Crippen molar-refractivity contribution in [1.29, 1.82) is 0 Å². The minimum absolute atomic E-state index is 0.0321. The van der Waals surface area contributed by atoms with Gasteiger partial charge in [-0.3, -0.25) is 34.3 Å². The Morgan fingerprint density at radius 2 is 1.65 bits per heavy atom. The fourth-order valence-corrected chi connectivity index (χ4v) is 8.08. The number of nitrogens with zero attached hydrogens (tertiary/aromatic N) is 5. The van der Waals surface area contributed by atoms with E-state index in [1.54, 1.807) is 30.6 Å². The third-order valence-electron chi connectivity index (χ3n) is 11.1. The number of ether oxygens (including phenoxy) is 2. The van der Waals surface area contributed by atoms with Gasteiger partial charge in [0.2, 0.25) is 11.8 Å². The van der Waals surface area contributed by atoms with Gasteiger partial charge in [-0.25, -0.2) is 19.4 Å². The van der Waals surface area contributed by atoms with E-state index in [1.165, 1.54) is 0 Å². The predicted octanol–water partition coefficient (Wildman–Crippen LogP) is 4.53. The number of carbonyl (C=O) groups is 4. The van der Waals surface area contributed by atoms with Gasteiger partial charge in [0.05, 0.1) is 35.6 Å². The Morgan fingerprint density at radius 1 is 0.926 bits per heavy atom. The molecule has 2 saturated heterocycles. The maximum absolute atomic E-state index is 13.7. The summed E-state index contributed by atoms with van der Waals surface area (Å²) in [5, 5.41) is 4.48. The number of carbonyl (C=O) groups excluding carboxylic acids is 4. The normalized spacial score (nSPS) is 25.6. The maximum atomic E-state index is 13.7. The molecular formula is C40H38FN7O6. The number of amides is 4. The summed E-state index contributed by atoms with van der Waals surface area (Å²) in [6.07, 6.45) is 4.79. The average molecular weight is 732 g/mol. The number of likely N-dealkylation sites (tertiary alicyclic amines) is 1. The molecule has 1 aromatic heterocycles. The molecule has 1 aliphatic carbocycles. The van der Waals surface area contributed by atoms with Crippen LogP contribution in [0, 0.1) is 0 Å². The van der Waals surface area contributed by atoms with Crippen LogP contribution in [0.25, 0.3) is 0 Å². The number of nitrogens with one attached hydrogen (secondary N) is 2. The van der Waals surface area contributed by atoms with Gasteiger partial charge in [-0.2, -0.15) is 0 Å². The molecule has 0 radical (unpaired) electrons. The van der Waals surface area contributed by atoms with Gasteiger partial charge < -0.3 is 14.9 Å². The molecule has 14 heteroatoms. The first-order valence-electron chi connectivity index (χ1n) is 18.2. The zero-order valence-corrected chi connectivity index (χ0v) is 29.5. The quantitative estimate of drug-likeness (QED) is 0.247. The molecule has 3 fully saturated rings. The van der Waals surface area contributed by atoms with Crippen molar-refractivity contribution in [3.8, 4) is 17.2 Å². The maximum Gasteiger partial charge on any atom is 0.262 e. The molecule has 4 amide bonds. The Kier molecular flexibility index (Phi) is 8.38. The third kappa shape index (κ3) is 6.24. The van der Waals surface area contributed by atoms with E-state index >= 15 is 0 Å². The highest BCUT2D eigenvalue weighted by Gasteiger charge is 2.47. The minimum Gasteiger partial charge on any atom is -0.490 e. The summed E-state index contributed by atoms with van der Waals surface area (Å²) in [5.74, 6) is 0.368. The lowest BCUT2D eigenvalue weighted by atomic mass is 9.80. The van der Waals surface area contributed by atoms with Gasteiger partial charge in [-0.1, -0.05) is 24.3 Å². The fraction of sp³-hybridized carbons (Fsp3) is 0.350. The number of hydrogen-bond donors (Lipinski definition) is 2. The second kappa shape index (κ2) is 13.3. The molecule has 2 atom stereocenters. The van der Waals surface area contributed by atoms with Crippen LogP contribution in [0.4, 0.5) is 10.1 Å². The van der Waals surface area contributed by atoms with Crippen LogP contribution in [0.5, 0.6) is 17.2 Å². The number of hydrogen-bond acceptors (Lipinski definition) is 11. The molecule has 8 heterocycles. The Balaban J connectivity index is 0.991. The van der Waals surface area contributed by atoms with Crippen molar-refractivity contribution < 1.29 is 33.0 Å². The Labute approximate surface area is 310 Å². The number of hydrazine groups is 1. The summed E-state index contributed by atoms with van der Waals surface area (Å²) in [6.45, 7) is 3.48. The van der Waals surface area contributed by atoms with Crippen molar-refractivity contribution in [2.75, 3.05) is 18.5 Å². The van der Waals surface area contributed by atoms with Crippen LogP contribution < -0.4 is 20.2 Å². The smallest absolute Gasteiger partial charge is 0.262 e. The molecule has 4 aromatic rings. The third-order valence-corrected chi connectivity index (χ3v) is 11.1. The average Bonchev–Trinajstić information content (AvgIpc) is 3.34. The lowest BCUT2D eigenvalue weighted by molar-refractivity contribution is -0.136. The largest absolute Gasteiger partial charge is 0.490 e. The van der Waals surface area contributed by atoms with Crippen LogP contribution in [0.15, 0.2) is 79.1 Å². The monoisotopic (exact) mass is 731 g/mol. The number of alkyl halides is 1. The second-order valence-corrected chi connectivity index (χ2v) is 14.9. The molecule has 3 aromatic carbocycles. The van der Waals surface area contributed by atoms with Crippen molar-refractivity contribution in [1.82, 2.24) is 30.1 Å². The van der Waals surface area contributed by atoms with Gasteiger partial charge in [0.1, 0.15) is 35.6 Å². The van der Waals surface area contributed by atoms with E-state index in [1.807, 2.05) is 41.3 Å². The molecule has 12 rings (SSSR count). The zero-order chi connectivity index (χ0) is 37.1. The van der Waals surface area contributed by atoms with E-state index in [0.29, 0.717) is 49.1 Å². The van der Waals surface area contributed by atoms with Crippen LogP contribution in [0.2, 0.25) is 0 Å². The van der Waals surface area contributed by atoms with Gasteiger partial charge in [-0.15, -0.1) is 0 Å². The molecule has 8 aliphatic rings. The topological polar surface area (TPSA) is 146 Å². The summed E-state index contributed by atoms with van der Waals surface area (Å²) in [7, 11) is 0. The summed E-state index contributed by atoms with van der Waals surface area (Å²) < 4.78 is 25.6. The van der Waals surface area contributed by atoms with E-state index in [-0.39, 0.29) is 36.1 Å². The number of aromatic nitrogens is 2. The number of rotatable bonds is 8. The lowest BCUT2D eigenvalue weighted by Crippen LogP contribution is -2.59. The number of anilines is 1. The number of fused-ring (bicyclic) bond motifs is 1. The number of piperidine rings is 1. The van der Waals surface area contributed by atoms with E-state index in [2.05, 4.69) is 44.8 Å². The molecule has 54 heavy (non-hydrogen) atoms. The zero-order valence-electron chi connectivity index (χ0n) is 29.5. The molecular weight excluding hydrogens is 693 g/mol. The Hall–Kier alpha value is -5.73. The SMILES string of the molecule is C[C@]1(c2ccc(Oc3cnc(CN4CC(F)C4)nc3)cc2)Cc2ccc(cc2)OC2CC(C2)N1Nc1ccc2c(c1)C(=O)N([C@@H]1CCC(=O)NC1=O)C2=O. The van der Waals surface area contributed by atoms with Gasteiger partial charge in [0.25, 0.3) is 11.8 Å². The molecule has 0 unspecified atom stereocenters. The van der Waals surface area contributed by atoms with Crippen LogP contribution in [0.1, 0.15) is 70.3 Å². The van der Waals surface area contributed by atoms with E-state index in [0.717, 1.165) is 34.6 Å². The Bertz CT molecular complexity index is 2140. The van der Waals surface area contributed by atoms with E-state index < -0.39 is 41.4 Å². The summed E-state index contributed by atoms with van der Waals surface area (Å²) >= 11 is 0. The van der Waals surface area contributed by atoms with Crippen molar-refractivity contribution >= 4 is 29.3 Å². The Morgan fingerprint density at radius 3 is 2.35 bits per heavy atom. The summed E-state index contributed by atoms with van der Waals surface area (Å²) in [5.41, 5.74) is 6.16. The highest BCUT2D eigenvalue weighted by Crippen LogP contribution is 2.43. The molecule has 1 saturated carbocycles. The predicted molar refractivity (Wildman–Crippen MR) is 192 cm³/mol. The van der Waals surface area contributed by atoms with Gasteiger partial charge >= 0.3 is 0 Å². The van der Waals surface area contributed by atoms with Gasteiger partial charge in [0, 0.05) is 44.1 Å². The molecule has 2 N–H and O–H groups in total. The molecule has 13 nitrogen and oxygen atoms in total. The minimum atomic E-state index is -1.04. The molecule has 7 aliphatic heterocycles. The standard InChI is InChI=1S/C40H38FN7O6/c1-40(24-4-9-29(10-5-24)54-31-18-42-35(43-19-31)22-46-20-25(41)21-46)17-23-2-7-28(8-3-23)53-30-15-27(16-30)48(40)45-26-6-11-32-33(14-26)39(52)47(38(32)51)34-12-13-36(49)44-37(34)50/h2-11,14,18-19,25,27,30,34,45H,12-13,15-17,20-22H2,1H3,(H,44,49,50)/t27?,30?,34-,40-/m1/s1. The highest BCUT2D eigenvalue weighted by atomic mass is 19.1. The number of benzene rings is 3. The summed E-state index contributed by atoms with van der Waals surface area (Å²) in [6, 6.07) is 20.2. The van der Waals surface area contributed by atoms with Crippen LogP contribution in [-0.4, -0.2) is 85.9 Å². The number of imide groups is 2. The summed E-state index contributed by atoms with van der Waals surface area (Å²) in [4.78, 5) is 63.2. The van der Waals surface area contributed by atoms with Crippen molar-refractivity contribution in [3.63, 3.8) is 0 Å². The van der Waals surface area contributed by atoms with Crippen molar-refractivity contribution in [2.45, 2.75) is 75.5 Å². The van der Waals surface area contributed by atoms with Crippen LogP contribution >= 0.6 is 0 Å². The van der Waals surface area contributed by atoms with Gasteiger partial charge in [0.15, 0.2) is 5.75 Å². The fourth-order valence-electron chi connectivity index (χ4n) is 8.08. The van der Waals surface area contributed by atoms with E-state index in [9.17, 15) is 23.6 Å². The second-order valence-electron chi connectivity index (χ2n) is 14.9. The van der Waals surface area contributed by atoms with Crippen molar-refractivity contribution in [2.24, 2.45) is 0 Å². The van der Waals surface area contributed by atoms with Crippen LogP contribution in [0.3, 0.4) is 0 Å². The number of halogens is 1. The molecule has 4 bridgehead atoms. The molecule has 0 spiro atoms. The first-order valence-corrected chi connectivity index (χ1v) is 18.2. The van der Waals surface area contributed by atoms with Crippen LogP contribution in [-0.2, 0) is 28.1 Å². The first kappa shape index (κ1) is 34.1. The van der Waals surface area contributed by atoms with E-state index in [4.69, 9.17) is 9.47 Å².